The molecule has 0 fully saturated rings. The van der Waals surface area contributed by atoms with Crippen LogP contribution >= 0.6 is 0 Å². The minimum absolute atomic E-state index is 0.136. The van der Waals surface area contributed by atoms with Crippen molar-refractivity contribution >= 4 is 5.97 Å². The standard InChI is InChI=1S/C27H26FN3O4/c1-17-6-4-5-7-22(17)23-10-8-19(13-21(23)16-34-3)27-29-26(30-35-27)18-9-11-24(28)20(12-18)14-31(2)15-25(32)33/h4-13H,14-16H2,1-3H3,(H,32,33). The molecule has 0 aliphatic heterocycles. The van der Waals surface area contributed by atoms with Gasteiger partial charge >= 0.3 is 5.97 Å². The molecule has 4 rings (SSSR count). The zero-order valence-electron chi connectivity index (χ0n) is 19.8. The van der Waals surface area contributed by atoms with Gasteiger partial charge in [-0.2, -0.15) is 4.98 Å². The first-order valence-corrected chi connectivity index (χ1v) is 11.1. The van der Waals surface area contributed by atoms with Crippen LogP contribution in [0.5, 0.6) is 0 Å². The molecule has 0 bridgehead atoms. The Morgan fingerprint density at radius 3 is 2.54 bits per heavy atom. The number of carboxylic acids is 1. The Hall–Kier alpha value is -3.88. The maximum absolute atomic E-state index is 14.3. The second-order valence-electron chi connectivity index (χ2n) is 8.42. The zero-order valence-corrected chi connectivity index (χ0v) is 19.8. The smallest absolute Gasteiger partial charge is 0.317 e. The molecule has 1 N–H and O–H groups in total. The number of aliphatic carboxylic acids is 1. The number of likely N-dealkylation sites (N-methyl/N-ethyl adjacent to an activating group) is 1. The summed E-state index contributed by atoms with van der Waals surface area (Å²) in [5.74, 6) is -0.750. The van der Waals surface area contributed by atoms with Crippen molar-refractivity contribution in [1.82, 2.24) is 15.0 Å². The molecule has 0 unspecified atom stereocenters. The van der Waals surface area contributed by atoms with Crippen LogP contribution in [0.1, 0.15) is 16.7 Å². The van der Waals surface area contributed by atoms with E-state index in [-0.39, 0.29) is 13.1 Å². The molecule has 7 nitrogen and oxygen atoms in total. The average molecular weight is 476 g/mol. The summed E-state index contributed by atoms with van der Waals surface area (Å²) >= 11 is 0. The zero-order chi connectivity index (χ0) is 24.9. The SMILES string of the molecule is COCc1cc(-c2nc(-c3ccc(F)c(CN(C)CC(=O)O)c3)no2)ccc1-c1ccccc1C. The molecule has 0 aliphatic carbocycles. The van der Waals surface area contributed by atoms with E-state index in [1.54, 1.807) is 26.3 Å². The molecule has 0 saturated carbocycles. The molecule has 4 aromatic rings. The summed E-state index contributed by atoms with van der Waals surface area (Å²) in [5.41, 5.74) is 6.03. The van der Waals surface area contributed by atoms with Crippen molar-refractivity contribution in [1.29, 1.82) is 0 Å². The second kappa shape index (κ2) is 10.6. The number of benzene rings is 3. The van der Waals surface area contributed by atoms with E-state index in [1.165, 1.54) is 16.5 Å². The number of aromatic nitrogens is 2. The van der Waals surface area contributed by atoms with Crippen LogP contribution in [0.15, 0.2) is 65.2 Å². The van der Waals surface area contributed by atoms with Crippen LogP contribution in [0, 0.1) is 12.7 Å². The number of carbonyl (C=O) groups is 1. The summed E-state index contributed by atoms with van der Waals surface area (Å²) in [6.07, 6.45) is 0. The first kappa shape index (κ1) is 24.3. The molecule has 1 heterocycles. The fourth-order valence-electron chi connectivity index (χ4n) is 4.01. The Balaban J connectivity index is 1.63. The van der Waals surface area contributed by atoms with Crippen molar-refractivity contribution in [3.05, 3.63) is 83.2 Å². The van der Waals surface area contributed by atoms with Gasteiger partial charge in [-0.1, -0.05) is 35.5 Å². The van der Waals surface area contributed by atoms with E-state index < -0.39 is 11.8 Å². The average Bonchev–Trinajstić information content (AvgIpc) is 3.31. The van der Waals surface area contributed by atoms with Gasteiger partial charge in [0.1, 0.15) is 5.82 Å². The number of carboxylic acid groups (broad SMARTS) is 1. The maximum Gasteiger partial charge on any atom is 0.317 e. The largest absolute Gasteiger partial charge is 0.480 e. The third-order valence-corrected chi connectivity index (χ3v) is 5.66. The van der Waals surface area contributed by atoms with Crippen LogP contribution in [0.4, 0.5) is 4.39 Å². The second-order valence-corrected chi connectivity index (χ2v) is 8.42. The number of hydrogen-bond donors (Lipinski definition) is 1. The summed E-state index contributed by atoms with van der Waals surface area (Å²) < 4.78 is 25.3. The summed E-state index contributed by atoms with van der Waals surface area (Å²) in [6.45, 7) is 2.43. The third kappa shape index (κ3) is 5.62. The number of halogens is 1. The highest BCUT2D eigenvalue weighted by molar-refractivity contribution is 5.74. The fraction of sp³-hybridized carbons (Fsp3) is 0.222. The van der Waals surface area contributed by atoms with Gasteiger partial charge < -0.3 is 14.4 Å². The van der Waals surface area contributed by atoms with Crippen LogP contribution in [0.25, 0.3) is 34.0 Å². The van der Waals surface area contributed by atoms with Crippen LogP contribution in [0.2, 0.25) is 0 Å². The number of nitrogens with zero attached hydrogens (tertiary/aromatic N) is 3. The highest BCUT2D eigenvalue weighted by Gasteiger charge is 2.16. The molecule has 180 valence electrons. The van der Waals surface area contributed by atoms with Gasteiger partial charge in [-0.15, -0.1) is 0 Å². The van der Waals surface area contributed by atoms with Gasteiger partial charge in [-0.25, -0.2) is 4.39 Å². The van der Waals surface area contributed by atoms with Crippen molar-refractivity contribution < 1.29 is 23.6 Å². The van der Waals surface area contributed by atoms with Gasteiger partial charge in [0.25, 0.3) is 5.89 Å². The van der Waals surface area contributed by atoms with E-state index in [2.05, 4.69) is 29.2 Å². The highest BCUT2D eigenvalue weighted by atomic mass is 19.1. The number of aryl methyl sites for hydroxylation is 1. The molecule has 1 aromatic heterocycles. The van der Waals surface area contributed by atoms with Gasteiger partial charge in [0.15, 0.2) is 0 Å². The molecule has 0 spiro atoms. The van der Waals surface area contributed by atoms with E-state index in [1.807, 2.05) is 30.3 Å². The minimum Gasteiger partial charge on any atom is -0.480 e. The molecule has 3 aromatic carbocycles. The normalized spacial score (nSPS) is 11.2. The van der Waals surface area contributed by atoms with E-state index in [0.29, 0.717) is 29.4 Å². The molecule has 35 heavy (non-hydrogen) atoms. The number of rotatable bonds is 9. The molecule has 0 aliphatic rings. The lowest BCUT2D eigenvalue weighted by molar-refractivity contribution is -0.138. The number of hydrogen-bond acceptors (Lipinski definition) is 6. The first-order valence-electron chi connectivity index (χ1n) is 11.1. The molecule has 0 saturated heterocycles. The monoisotopic (exact) mass is 475 g/mol. The van der Waals surface area contributed by atoms with Gasteiger partial charge in [-0.05, 0) is 66.6 Å². The van der Waals surface area contributed by atoms with E-state index in [4.69, 9.17) is 14.4 Å². The van der Waals surface area contributed by atoms with Crippen molar-refractivity contribution in [2.24, 2.45) is 0 Å². The Labute approximate surface area is 202 Å². The molecule has 0 radical (unpaired) electrons. The predicted octanol–water partition coefficient (Wildman–Crippen LogP) is 5.18. The molecular weight excluding hydrogens is 449 g/mol. The van der Waals surface area contributed by atoms with E-state index >= 15 is 0 Å². The molecular formula is C27H26FN3O4. The molecule has 8 heteroatoms. The Morgan fingerprint density at radius 2 is 1.80 bits per heavy atom. The van der Waals surface area contributed by atoms with Crippen LogP contribution < -0.4 is 0 Å². The highest BCUT2D eigenvalue weighted by Crippen LogP contribution is 2.32. The van der Waals surface area contributed by atoms with Crippen molar-refractivity contribution in [2.75, 3.05) is 20.7 Å². The van der Waals surface area contributed by atoms with Crippen molar-refractivity contribution in [3.8, 4) is 34.0 Å². The Morgan fingerprint density at radius 1 is 1.06 bits per heavy atom. The lowest BCUT2D eigenvalue weighted by Crippen LogP contribution is -2.25. The topological polar surface area (TPSA) is 88.7 Å². The van der Waals surface area contributed by atoms with Gasteiger partial charge in [0.05, 0.1) is 13.2 Å². The van der Waals surface area contributed by atoms with Crippen molar-refractivity contribution in [3.63, 3.8) is 0 Å². The van der Waals surface area contributed by atoms with Crippen LogP contribution in [0.3, 0.4) is 0 Å². The predicted molar refractivity (Wildman–Crippen MR) is 130 cm³/mol. The minimum atomic E-state index is -0.979. The van der Waals surface area contributed by atoms with Gasteiger partial charge in [0.2, 0.25) is 5.82 Å². The fourth-order valence-corrected chi connectivity index (χ4v) is 4.01. The Bertz CT molecular complexity index is 1350. The maximum atomic E-state index is 14.3. The first-order chi connectivity index (χ1) is 16.9. The van der Waals surface area contributed by atoms with Gasteiger partial charge in [0, 0.05) is 30.3 Å². The number of methoxy groups -OCH3 is 1. The van der Waals surface area contributed by atoms with E-state index in [9.17, 15) is 9.18 Å². The number of ether oxygens (including phenoxy) is 1. The Kier molecular flexibility index (Phi) is 7.33. The summed E-state index contributed by atoms with van der Waals surface area (Å²) in [7, 11) is 3.27. The van der Waals surface area contributed by atoms with Gasteiger partial charge in [-0.3, -0.25) is 9.69 Å². The quantitative estimate of drug-likeness (QED) is 0.357. The van der Waals surface area contributed by atoms with Crippen LogP contribution in [-0.2, 0) is 22.7 Å². The summed E-state index contributed by atoms with van der Waals surface area (Å²) in [5, 5.41) is 13.0. The summed E-state index contributed by atoms with van der Waals surface area (Å²) in [4.78, 5) is 17.0. The van der Waals surface area contributed by atoms with E-state index in [0.717, 1.165) is 22.3 Å². The molecule has 0 amide bonds. The van der Waals surface area contributed by atoms with Crippen LogP contribution in [-0.4, -0.2) is 46.8 Å². The third-order valence-electron chi connectivity index (χ3n) is 5.66. The lowest BCUT2D eigenvalue weighted by Gasteiger charge is -2.14. The lowest BCUT2D eigenvalue weighted by atomic mass is 9.94. The molecule has 0 atom stereocenters. The van der Waals surface area contributed by atoms with Crippen molar-refractivity contribution in [2.45, 2.75) is 20.1 Å². The summed E-state index contributed by atoms with van der Waals surface area (Å²) in [6, 6.07) is 18.6.